The first-order valence-corrected chi connectivity index (χ1v) is 7.74. The lowest BCUT2D eigenvalue weighted by molar-refractivity contribution is -0.115. The molecule has 25 heavy (non-hydrogen) atoms. The smallest absolute Gasteiger partial charge is 0.407 e. The Morgan fingerprint density at radius 1 is 1.24 bits per heavy atom. The molecule has 0 radical (unpaired) electrons. The van der Waals surface area contributed by atoms with Crippen LogP contribution in [0.5, 0.6) is 0 Å². The summed E-state index contributed by atoms with van der Waals surface area (Å²) in [4.78, 5) is 28.5. The number of carbonyl (C=O) groups is 2. The van der Waals surface area contributed by atoms with Crippen LogP contribution >= 0.6 is 0 Å². The molecule has 0 atom stereocenters. The van der Waals surface area contributed by atoms with E-state index in [9.17, 15) is 9.59 Å². The Hall–Kier alpha value is -3.29. The number of pyridine rings is 1. The zero-order valence-electron chi connectivity index (χ0n) is 13.6. The maximum atomic E-state index is 12.1. The number of amides is 2. The lowest BCUT2D eigenvalue weighted by Gasteiger charge is -2.11. The standard InChI is InChI=1S/C17H17N5O3/c1-11-3-2-4-13(18-11)9-16(23)19-15-6-5-14(20-21-15)12-7-8-22(10-12)17(24)25/h2-7H,8-10H2,1H3,(H,24,25)(H,19,21,23). The lowest BCUT2D eigenvalue weighted by Crippen LogP contribution is -2.26. The summed E-state index contributed by atoms with van der Waals surface area (Å²) < 4.78 is 0. The van der Waals surface area contributed by atoms with Crippen LogP contribution in [0.25, 0.3) is 5.57 Å². The summed E-state index contributed by atoms with van der Waals surface area (Å²) in [5.41, 5.74) is 2.94. The number of hydrogen-bond donors (Lipinski definition) is 2. The second-order valence-electron chi connectivity index (χ2n) is 5.69. The number of aromatic nitrogens is 3. The van der Waals surface area contributed by atoms with Gasteiger partial charge in [0.1, 0.15) is 0 Å². The van der Waals surface area contributed by atoms with Gasteiger partial charge in [-0.25, -0.2) is 4.79 Å². The molecule has 0 fully saturated rings. The summed E-state index contributed by atoms with van der Waals surface area (Å²) in [6.07, 6.45) is 0.997. The third kappa shape index (κ3) is 4.17. The van der Waals surface area contributed by atoms with Gasteiger partial charge in [-0.1, -0.05) is 12.1 Å². The van der Waals surface area contributed by atoms with Crippen molar-refractivity contribution in [2.75, 3.05) is 18.4 Å². The molecule has 2 amide bonds. The topological polar surface area (TPSA) is 108 Å². The first-order valence-electron chi connectivity index (χ1n) is 7.74. The molecule has 0 saturated carbocycles. The van der Waals surface area contributed by atoms with Crippen molar-refractivity contribution in [3.05, 3.63) is 53.5 Å². The molecule has 3 heterocycles. The van der Waals surface area contributed by atoms with E-state index in [2.05, 4.69) is 20.5 Å². The first kappa shape index (κ1) is 16.6. The number of aryl methyl sites for hydroxylation is 1. The molecule has 0 aliphatic carbocycles. The predicted molar refractivity (Wildman–Crippen MR) is 90.9 cm³/mol. The molecule has 0 bridgehead atoms. The molecule has 3 rings (SSSR count). The van der Waals surface area contributed by atoms with E-state index >= 15 is 0 Å². The fourth-order valence-corrected chi connectivity index (χ4v) is 2.51. The van der Waals surface area contributed by atoms with E-state index in [1.54, 1.807) is 24.3 Å². The molecule has 8 nitrogen and oxygen atoms in total. The van der Waals surface area contributed by atoms with Crippen molar-refractivity contribution in [1.82, 2.24) is 20.1 Å². The molecule has 2 aromatic rings. The summed E-state index contributed by atoms with van der Waals surface area (Å²) >= 11 is 0. The van der Waals surface area contributed by atoms with Crippen LogP contribution in [0.2, 0.25) is 0 Å². The third-order valence-corrected chi connectivity index (χ3v) is 3.74. The van der Waals surface area contributed by atoms with E-state index < -0.39 is 6.09 Å². The van der Waals surface area contributed by atoms with E-state index in [0.29, 0.717) is 23.8 Å². The van der Waals surface area contributed by atoms with Gasteiger partial charge in [-0.05, 0) is 36.8 Å². The summed E-state index contributed by atoms with van der Waals surface area (Å²) in [5.74, 6) is 0.118. The Balaban J connectivity index is 1.59. The van der Waals surface area contributed by atoms with Crippen molar-refractivity contribution in [3.8, 4) is 0 Å². The maximum Gasteiger partial charge on any atom is 0.407 e. The van der Waals surface area contributed by atoms with Crippen molar-refractivity contribution in [1.29, 1.82) is 0 Å². The maximum absolute atomic E-state index is 12.1. The highest BCUT2D eigenvalue weighted by molar-refractivity contribution is 5.91. The number of carboxylic acid groups (broad SMARTS) is 1. The van der Waals surface area contributed by atoms with Gasteiger partial charge in [0.05, 0.1) is 18.7 Å². The van der Waals surface area contributed by atoms with Crippen molar-refractivity contribution in [2.24, 2.45) is 0 Å². The molecule has 2 aromatic heterocycles. The number of nitrogens with zero attached hydrogens (tertiary/aromatic N) is 4. The average molecular weight is 339 g/mol. The molecule has 0 aromatic carbocycles. The number of carbonyl (C=O) groups excluding carboxylic acids is 1. The summed E-state index contributed by atoms with van der Waals surface area (Å²) in [6.45, 7) is 2.50. The Morgan fingerprint density at radius 2 is 2.08 bits per heavy atom. The Labute approximate surface area is 144 Å². The highest BCUT2D eigenvalue weighted by atomic mass is 16.4. The third-order valence-electron chi connectivity index (χ3n) is 3.74. The van der Waals surface area contributed by atoms with Gasteiger partial charge in [0.2, 0.25) is 5.91 Å². The molecule has 0 unspecified atom stereocenters. The molecular formula is C17H17N5O3. The first-order chi connectivity index (χ1) is 12.0. The predicted octanol–water partition coefficient (Wildman–Crippen LogP) is 1.74. The molecule has 1 aliphatic rings. The fraction of sp³-hybridized carbons (Fsp3) is 0.235. The van der Waals surface area contributed by atoms with Gasteiger partial charge < -0.3 is 15.3 Å². The molecule has 128 valence electrons. The monoisotopic (exact) mass is 339 g/mol. The average Bonchev–Trinajstić information content (AvgIpc) is 3.06. The van der Waals surface area contributed by atoms with Crippen LogP contribution in [-0.2, 0) is 11.2 Å². The van der Waals surface area contributed by atoms with E-state index in [-0.39, 0.29) is 18.9 Å². The quantitative estimate of drug-likeness (QED) is 0.878. The van der Waals surface area contributed by atoms with E-state index in [1.165, 1.54) is 4.90 Å². The molecular weight excluding hydrogens is 322 g/mol. The SMILES string of the molecule is Cc1cccc(CC(=O)Nc2ccc(C3=CCN(C(=O)O)C3)nn2)n1. The lowest BCUT2D eigenvalue weighted by atomic mass is 10.2. The summed E-state index contributed by atoms with van der Waals surface area (Å²) in [7, 11) is 0. The highest BCUT2D eigenvalue weighted by Gasteiger charge is 2.20. The Bertz CT molecular complexity index is 832. The van der Waals surface area contributed by atoms with Gasteiger partial charge in [-0.15, -0.1) is 10.2 Å². The molecule has 0 spiro atoms. The second-order valence-corrected chi connectivity index (χ2v) is 5.69. The molecule has 1 aliphatic heterocycles. The fourth-order valence-electron chi connectivity index (χ4n) is 2.51. The molecule has 2 N–H and O–H groups in total. The van der Waals surface area contributed by atoms with Crippen molar-refractivity contribution in [3.63, 3.8) is 0 Å². The van der Waals surface area contributed by atoms with E-state index in [4.69, 9.17) is 5.11 Å². The van der Waals surface area contributed by atoms with E-state index in [0.717, 1.165) is 11.3 Å². The van der Waals surface area contributed by atoms with Gasteiger partial charge >= 0.3 is 6.09 Å². The van der Waals surface area contributed by atoms with Gasteiger partial charge in [-0.2, -0.15) is 0 Å². The Morgan fingerprint density at radius 3 is 2.72 bits per heavy atom. The van der Waals surface area contributed by atoms with Gasteiger partial charge in [-0.3, -0.25) is 9.78 Å². The second kappa shape index (κ2) is 7.08. The Kier molecular flexibility index (Phi) is 4.69. The van der Waals surface area contributed by atoms with Crippen LogP contribution in [0.15, 0.2) is 36.4 Å². The largest absolute Gasteiger partial charge is 0.465 e. The molecule has 0 saturated heterocycles. The van der Waals surface area contributed by atoms with Crippen molar-refractivity contribution in [2.45, 2.75) is 13.3 Å². The minimum Gasteiger partial charge on any atom is -0.465 e. The number of hydrogen-bond acceptors (Lipinski definition) is 5. The number of anilines is 1. The van der Waals surface area contributed by atoms with Crippen LogP contribution in [0.1, 0.15) is 17.1 Å². The zero-order valence-corrected chi connectivity index (χ0v) is 13.6. The zero-order chi connectivity index (χ0) is 17.8. The van der Waals surface area contributed by atoms with Gasteiger partial charge in [0.25, 0.3) is 0 Å². The number of nitrogens with one attached hydrogen (secondary N) is 1. The molecule has 8 heteroatoms. The summed E-state index contributed by atoms with van der Waals surface area (Å²) in [5, 5.41) is 19.7. The van der Waals surface area contributed by atoms with E-state index in [1.807, 2.05) is 19.1 Å². The van der Waals surface area contributed by atoms with Crippen molar-refractivity contribution >= 4 is 23.4 Å². The van der Waals surface area contributed by atoms with Crippen LogP contribution in [-0.4, -0.2) is 50.3 Å². The normalized spacial score (nSPS) is 13.5. The van der Waals surface area contributed by atoms with Crippen LogP contribution in [0, 0.1) is 6.92 Å². The van der Waals surface area contributed by atoms with Crippen molar-refractivity contribution < 1.29 is 14.7 Å². The van der Waals surface area contributed by atoms with Gasteiger partial charge in [0.15, 0.2) is 5.82 Å². The minimum atomic E-state index is -0.965. The minimum absolute atomic E-state index is 0.157. The van der Waals surface area contributed by atoms with Crippen LogP contribution in [0.3, 0.4) is 0 Å². The highest BCUT2D eigenvalue weighted by Crippen LogP contribution is 2.19. The summed E-state index contributed by atoms with van der Waals surface area (Å²) in [6, 6.07) is 8.88. The number of rotatable bonds is 4. The van der Waals surface area contributed by atoms with Gasteiger partial charge in [0, 0.05) is 17.9 Å². The van der Waals surface area contributed by atoms with Crippen LogP contribution in [0.4, 0.5) is 10.6 Å². The van der Waals surface area contributed by atoms with Crippen LogP contribution < -0.4 is 5.32 Å².